The zero-order valence-corrected chi connectivity index (χ0v) is 32.4. The second kappa shape index (κ2) is 35.6. The number of amides is 1. The van der Waals surface area contributed by atoms with Crippen molar-refractivity contribution in [3.63, 3.8) is 0 Å². The highest BCUT2D eigenvalue weighted by molar-refractivity contribution is 7.85. The third-order valence-electron chi connectivity index (χ3n) is 9.41. The van der Waals surface area contributed by atoms with Crippen LogP contribution in [0.2, 0.25) is 0 Å². The lowest BCUT2D eigenvalue weighted by atomic mass is 10.0. The number of nitrogens with one attached hydrogen (secondary N) is 1. The van der Waals surface area contributed by atoms with Gasteiger partial charge in [0.1, 0.15) is 0 Å². The van der Waals surface area contributed by atoms with E-state index in [0.29, 0.717) is 12.8 Å². The predicted molar refractivity (Wildman–Crippen MR) is 207 cm³/mol. The van der Waals surface area contributed by atoms with Gasteiger partial charge in [-0.1, -0.05) is 186 Å². The second-order valence-corrected chi connectivity index (χ2v) is 15.8. The van der Waals surface area contributed by atoms with Crippen molar-refractivity contribution in [1.82, 2.24) is 5.32 Å². The molecule has 0 bridgehead atoms. The largest absolute Gasteiger partial charge is 0.391 e. The van der Waals surface area contributed by atoms with Crippen LogP contribution in [-0.2, 0) is 14.9 Å². The van der Waals surface area contributed by atoms with Gasteiger partial charge in [-0.15, -0.1) is 0 Å². The Morgan fingerprint density at radius 3 is 1.40 bits per heavy atom. The maximum Gasteiger partial charge on any atom is 0.266 e. The maximum atomic E-state index is 12.5. The molecular formula is C41H79NO5S. The summed E-state index contributed by atoms with van der Waals surface area (Å²) in [5.74, 6) is -0.902. The molecule has 0 aliphatic rings. The van der Waals surface area contributed by atoms with Crippen LogP contribution in [0.1, 0.15) is 213 Å². The molecule has 0 aromatic carbocycles. The third kappa shape index (κ3) is 36.1. The second-order valence-electron chi connectivity index (χ2n) is 14.3. The first-order chi connectivity index (χ1) is 23.3. The molecule has 48 heavy (non-hydrogen) atoms. The lowest BCUT2D eigenvalue weighted by Crippen LogP contribution is -2.47. The molecule has 2 atom stereocenters. The van der Waals surface area contributed by atoms with E-state index in [-0.39, 0.29) is 5.91 Å². The van der Waals surface area contributed by atoms with Gasteiger partial charge in [0.2, 0.25) is 5.91 Å². The Morgan fingerprint density at radius 1 is 0.562 bits per heavy atom. The fraction of sp³-hybridized carbons (Fsp3) is 0.878. The number of unbranched alkanes of at least 4 members (excludes halogenated alkanes) is 25. The zero-order valence-electron chi connectivity index (χ0n) is 31.6. The summed E-state index contributed by atoms with van der Waals surface area (Å²) >= 11 is 0. The van der Waals surface area contributed by atoms with Gasteiger partial charge in [-0.3, -0.25) is 9.35 Å². The van der Waals surface area contributed by atoms with Crippen LogP contribution in [0.4, 0.5) is 0 Å². The van der Waals surface area contributed by atoms with Crippen molar-refractivity contribution in [2.45, 2.75) is 225 Å². The molecule has 0 aromatic rings. The number of aliphatic hydroxyl groups excluding tert-OH is 1. The summed E-state index contributed by atoms with van der Waals surface area (Å²) in [4.78, 5) is 12.5. The van der Waals surface area contributed by atoms with E-state index in [2.05, 4.69) is 43.5 Å². The Kier molecular flexibility index (Phi) is 34.8. The molecule has 0 heterocycles. The highest BCUT2D eigenvalue weighted by atomic mass is 32.2. The van der Waals surface area contributed by atoms with Crippen molar-refractivity contribution in [3.05, 3.63) is 24.3 Å². The minimum Gasteiger partial charge on any atom is -0.391 e. The standard InChI is InChI=1S/C41H79NO5S/c1-3-5-7-9-11-13-15-17-19-21-23-25-27-29-31-33-35-37-41(44)42-39(38-48(45,46)47)40(43)36-34-32-30-28-26-24-22-20-18-16-14-12-10-8-6-4-2/h11,13,17,19,39-40,43H,3-10,12,14-16,18,20-38H2,1-2H3,(H,42,44)(H,45,46,47)/b13-11-,19-17-. The fourth-order valence-corrected chi connectivity index (χ4v) is 7.07. The Balaban J connectivity index is 3.87. The Labute approximate surface area is 298 Å². The summed E-state index contributed by atoms with van der Waals surface area (Å²) in [6.07, 6.45) is 44.0. The van der Waals surface area contributed by atoms with Crippen LogP contribution in [-0.4, -0.2) is 41.9 Å². The van der Waals surface area contributed by atoms with E-state index < -0.39 is 28.0 Å². The highest BCUT2D eigenvalue weighted by Gasteiger charge is 2.26. The van der Waals surface area contributed by atoms with E-state index in [1.807, 2.05) is 0 Å². The quantitative estimate of drug-likeness (QED) is 0.0340. The summed E-state index contributed by atoms with van der Waals surface area (Å²) in [6, 6.07) is -0.972. The monoisotopic (exact) mass is 698 g/mol. The Bertz CT molecular complexity index is 857. The molecule has 0 rings (SSSR count). The predicted octanol–water partition coefficient (Wildman–Crippen LogP) is 12.0. The molecule has 0 fully saturated rings. The molecule has 7 heteroatoms. The van der Waals surface area contributed by atoms with Gasteiger partial charge in [-0.05, 0) is 44.9 Å². The van der Waals surface area contributed by atoms with Crippen molar-refractivity contribution in [2.24, 2.45) is 0 Å². The van der Waals surface area contributed by atoms with E-state index in [1.165, 1.54) is 128 Å². The Morgan fingerprint density at radius 2 is 0.938 bits per heavy atom. The molecule has 3 N–H and O–H groups in total. The van der Waals surface area contributed by atoms with Crippen LogP contribution >= 0.6 is 0 Å². The zero-order chi connectivity index (χ0) is 35.4. The van der Waals surface area contributed by atoms with Crippen molar-refractivity contribution in [1.29, 1.82) is 0 Å². The van der Waals surface area contributed by atoms with E-state index in [0.717, 1.165) is 57.8 Å². The van der Waals surface area contributed by atoms with Crippen molar-refractivity contribution >= 4 is 16.0 Å². The fourth-order valence-electron chi connectivity index (χ4n) is 6.31. The van der Waals surface area contributed by atoms with Gasteiger partial charge in [-0.25, -0.2) is 0 Å². The first kappa shape index (κ1) is 46.8. The van der Waals surface area contributed by atoms with Gasteiger partial charge in [0.05, 0.1) is 17.9 Å². The number of hydrogen-bond acceptors (Lipinski definition) is 4. The highest BCUT2D eigenvalue weighted by Crippen LogP contribution is 2.16. The summed E-state index contributed by atoms with van der Waals surface area (Å²) in [7, 11) is -4.31. The molecule has 0 saturated carbocycles. The summed E-state index contributed by atoms with van der Waals surface area (Å²) in [6.45, 7) is 4.50. The summed E-state index contributed by atoms with van der Waals surface area (Å²) < 4.78 is 32.5. The van der Waals surface area contributed by atoms with Crippen molar-refractivity contribution in [3.8, 4) is 0 Å². The number of aliphatic hydroxyl groups is 1. The topological polar surface area (TPSA) is 104 Å². The Hall–Kier alpha value is -1.18. The lowest BCUT2D eigenvalue weighted by Gasteiger charge is -2.23. The summed E-state index contributed by atoms with van der Waals surface area (Å²) in [5, 5.41) is 13.4. The number of rotatable bonds is 37. The molecule has 284 valence electrons. The van der Waals surface area contributed by atoms with E-state index in [1.54, 1.807) is 0 Å². The molecule has 0 spiro atoms. The first-order valence-corrected chi connectivity index (χ1v) is 22.1. The molecule has 1 amide bonds. The molecule has 0 saturated heterocycles. The van der Waals surface area contributed by atoms with E-state index >= 15 is 0 Å². The van der Waals surface area contributed by atoms with Gasteiger partial charge < -0.3 is 10.4 Å². The molecule has 6 nitrogen and oxygen atoms in total. The molecule has 0 aliphatic heterocycles. The van der Waals surface area contributed by atoms with E-state index in [9.17, 15) is 22.9 Å². The van der Waals surface area contributed by atoms with Crippen LogP contribution in [0, 0.1) is 0 Å². The lowest BCUT2D eigenvalue weighted by molar-refractivity contribution is -0.122. The van der Waals surface area contributed by atoms with Crippen LogP contribution in [0.3, 0.4) is 0 Å². The van der Waals surface area contributed by atoms with Gasteiger partial charge >= 0.3 is 0 Å². The maximum absolute atomic E-state index is 12.5. The normalized spacial score (nSPS) is 13.5. The van der Waals surface area contributed by atoms with Crippen LogP contribution < -0.4 is 5.32 Å². The molecule has 2 unspecified atom stereocenters. The van der Waals surface area contributed by atoms with Crippen molar-refractivity contribution < 1.29 is 22.9 Å². The SMILES string of the molecule is CCCCC/C=C\C/C=C\CCCCCCCCCC(=O)NC(CS(=O)(=O)O)C(O)CCCCCCCCCCCCCCCCCC. The van der Waals surface area contributed by atoms with Crippen LogP contribution in [0.15, 0.2) is 24.3 Å². The van der Waals surface area contributed by atoms with Gasteiger partial charge in [0.15, 0.2) is 0 Å². The number of carbonyl (C=O) groups is 1. The molecule has 0 aromatic heterocycles. The minimum atomic E-state index is -4.31. The van der Waals surface area contributed by atoms with Gasteiger partial charge in [0, 0.05) is 6.42 Å². The average molecular weight is 698 g/mol. The van der Waals surface area contributed by atoms with Crippen LogP contribution in [0.5, 0.6) is 0 Å². The molecule has 0 radical (unpaired) electrons. The number of hydrogen-bond donors (Lipinski definition) is 3. The average Bonchev–Trinajstić information content (AvgIpc) is 3.05. The van der Waals surface area contributed by atoms with Crippen LogP contribution in [0.25, 0.3) is 0 Å². The van der Waals surface area contributed by atoms with Gasteiger partial charge in [-0.2, -0.15) is 8.42 Å². The van der Waals surface area contributed by atoms with Crippen molar-refractivity contribution in [2.75, 3.05) is 5.75 Å². The number of carbonyl (C=O) groups excluding carboxylic acids is 1. The minimum absolute atomic E-state index is 0.253. The summed E-state index contributed by atoms with van der Waals surface area (Å²) in [5.41, 5.74) is 0. The number of allylic oxidation sites excluding steroid dienone is 4. The molecular weight excluding hydrogens is 619 g/mol. The third-order valence-corrected chi connectivity index (χ3v) is 10.2. The molecule has 0 aliphatic carbocycles. The van der Waals surface area contributed by atoms with Gasteiger partial charge in [0.25, 0.3) is 10.1 Å². The first-order valence-electron chi connectivity index (χ1n) is 20.5. The smallest absolute Gasteiger partial charge is 0.266 e. The van der Waals surface area contributed by atoms with E-state index in [4.69, 9.17) is 0 Å².